The van der Waals surface area contributed by atoms with Gasteiger partial charge in [0.15, 0.2) is 0 Å². The molecule has 7 rings (SSSR count). The summed E-state index contributed by atoms with van der Waals surface area (Å²) in [5, 5.41) is 6.33. The smallest absolute Gasteiger partial charge is 0.0963 e. The molecule has 0 spiro atoms. The lowest BCUT2D eigenvalue weighted by Crippen LogP contribution is -1.95. The van der Waals surface area contributed by atoms with Crippen molar-refractivity contribution in [2.45, 2.75) is 0 Å². The quantitative estimate of drug-likeness (QED) is 0.276. The van der Waals surface area contributed by atoms with Crippen LogP contribution < -0.4 is 0 Å². The first-order valence-electron chi connectivity index (χ1n) is 10.1. The lowest BCUT2D eigenvalue weighted by Gasteiger charge is -2.11. The summed E-state index contributed by atoms with van der Waals surface area (Å²) < 4.78 is 5.02. The number of pyridine rings is 1. The minimum atomic E-state index is 1.05. The summed E-state index contributed by atoms with van der Waals surface area (Å²) in [6.45, 7) is 0. The summed E-state index contributed by atoms with van der Waals surface area (Å²) in [6, 6.07) is 32.7. The van der Waals surface area contributed by atoms with Gasteiger partial charge >= 0.3 is 0 Å². The molecule has 3 heterocycles. The van der Waals surface area contributed by atoms with Gasteiger partial charge in [-0.15, -0.1) is 11.3 Å². The summed E-state index contributed by atoms with van der Waals surface area (Å²) in [5.74, 6) is 0. The van der Waals surface area contributed by atoms with Crippen molar-refractivity contribution in [3.8, 4) is 5.69 Å². The van der Waals surface area contributed by atoms with Crippen molar-refractivity contribution < 1.29 is 0 Å². The molecule has 0 aliphatic carbocycles. The molecule has 3 aromatic heterocycles. The number of fused-ring (bicyclic) bond motifs is 7. The van der Waals surface area contributed by atoms with Gasteiger partial charge in [-0.25, -0.2) is 0 Å². The van der Waals surface area contributed by atoms with Crippen molar-refractivity contribution in [3.05, 3.63) is 97.2 Å². The topological polar surface area (TPSA) is 17.8 Å². The summed E-state index contributed by atoms with van der Waals surface area (Å²) in [6.07, 6.45) is 1.89. The van der Waals surface area contributed by atoms with E-state index >= 15 is 0 Å². The molecular formula is C27H16N2S. The van der Waals surface area contributed by atoms with Gasteiger partial charge in [0.1, 0.15) is 0 Å². The van der Waals surface area contributed by atoms with E-state index in [0.29, 0.717) is 0 Å². The van der Waals surface area contributed by atoms with E-state index in [0.717, 1.165) is 11.0 Å². The molecule has 0 bridgehead atoms. The van der Waals surface area contributed by atoms with Gasteiger partial charge in [0, 0.05) is 37.1 Å². The second-order valence-electron chi connectivity index (χ2n) is 7.67. The highest BCUT2D eigenvalue weighted by Gasteiger charge is 2.17. The largest absolute Gasteiger partial charge is 0.307 e. The minimum Gasteiger partial charge on any atom is -0.307 e. The van der Waals surface area contributed by atoms with E-state index in [-0.39, 0.29) is 0 Å². The van der Waals surface area contributed by atoms with Crippen LogP contribution in [0, 0.1) is 0 Å². The molecule has 7 aromatic rings. The van der Waals surface area contributed by atoms with Crippen molar-refractivity contribution in [3.63, 3.8) is 0 Å². The molecule has 0 saturated heterocycles. The standard InChI is InChI=1S/C27H16N2S/c1-2-9-18-17(7-1)8-5-11-22(18)29-23-12-6-14-28-27(23)21-15-20-19-10-3-4-13-25(19)30-26(20)16-24(21)29/h1-16H. The van der Waals surface area contributed by atoms with E-state index in [1.165, 1.54) is 47.5 Å². The zero-order valence-corrected chi connectivity index (χ0v) is 16.9. The predicted molar refractivity (Wildman–Crippen MR) is 129 cm³/mol. The number of hydrogen-bond acceptors (Lipinski definition) is 2. The van der Waals surface area contributed by atoms with Crippen LogP contribution in [0.5, 0.6) is 0 Å². The average Bonchev–Trinajstić information content (AvgIpc) is 3.32. The lowest BCUT2D eigenvalue weighted by atomic mass is 10.1. The van der Waals surface area contributed by atoms with Crippen LogP contribution in [0.4, 0.5) is 0 Å². The van der Waals surface area contributed by atoms with Crippen LogP contribution in [-0.2, 0) is 0 Å². The van der Waals surface area contributed by atoms with Gasteiger partial charge in [0.05, 0.1) is 22.2 Å². The maximum absolute atomic E-state index is 4.79. The maximum atomic E-state index is 4.79. The van der Waals surface area contributed by atoms with Gasteiger partial charge in [-0.05, 0) is 41.8 Å². The Hall–Kier alpha value is -3.69. The Morgan fingerprint density at radius 1 is 0.600 bits per heavy atom. The molecule has 0 saturated carbocycles. The molecule has 0 atom stereocenters. The molecule has 30 heavy (non-hydrogen) atoms. The van der Waals surface area contributed by atoms with Crippen LogP contribution in [0.1, 0.15) is 0 Å². The van der Waals surface area contributed by atoms with Crippen LogP contribution in [-0.4, -0.2) is 9.55 Å². The van der Waals surface area contributed by atoms with Gasteiger partial charge in [0.2, 0.25) is 0 Å². The number of nitrogens with zero attached hydrogens (tertiary/aromatic N) is 2. The van der Waals surface area contributed by atoms with Crippen molar-refractivity contribution in [1.82, 2.24) is 9.55 Å². The lowest BCUT2D eigenvalue weighted by molar-refractivity contribution is 1.19. The molecular weight excluding hydrogens is 384 g/mol. The fraction of sp³-hybridized carbons (Fsp3) is 0. The second kappa shape index (κ2) is 5.91. The molecule has 0 aliphatic heterocycles. The highest BCUT2D eigenvalue weighted by molar-refractivity contribution is 7.25. The van der Waals surface area contributed by atoms with E-state index in [9.17, 15) is 0 Å². The monoisotopic (exact) mass is 400 g/mol. The number of aromatic nitrogens is 2. The average molecular weight is 401 g/mol. The molecule has 0 fully saturated rings. The van der Waals surface area contributed by atoms with Crippen molar-refractivity contribution >= 4 is 64.2 Å². The zero-order chi connectivity index (χ0) is 19.7. The van der Waals surface area contributed by atoms with Gasteiger partial charge in [0.25, 0.3) is 0 Å². The summed E-state index contributed by atoms with van der Waals surface area (Å²) in [4.78, 5) is 4.79. The van der Waals surface area contributed by atoms with Crippen molar-refractivity contribution in [1.29, 1.82) is 0 Å². The van der Waals surface area contributed by atoms with E-state index < -0.39 is 0 Å². The van der Waals surface area contributed by atoms with E-state index in [1.54, 1.807) is 0 Å². The summed E-state index contributed by atoms with van der Waals surface area (Å²) in [5.41, 5.74) is 4.60. The Morgan fingerprint density at radius 3 is 2.40 bits per heavy atom. The number of benzene rings is 4. The third kappa shape index (κ3) is 2.10. The molecule has 0 aliphatic rings. The first kappa shape index (κ1) is 16.1. The van der Waals surface area contributed by atoms with Gasteiger partial charge in [-0.2, -0.15) is 0 Å². The Balaban J connectivity index is 1.71. The molecule has 140 valence electrons. The predicted octanol–water partition coefficient (Wildman–Crippen LogP) is 7.70. The molecule has 0 radical (unpaired) electrons. The molecule has 0 unspecified atom stereocenters. The molecule has 3 heteroatoms. The van der Waals surface area contributed by atoms with E-state index in [4.69, 9.17) is 4.98 Å². The van der Waals surface area contributed by atoms with Crippen molar-refractivity contribution in [2.24, 2.45) is 0 Å². The SMILES string of the molecule is c1ccc2c(-n3c4cc5sc6ccccc6c5cc4c4ncccc43)cccc2c1. The number of rotatable bonds is 1. The third-order valence-electron chi connectivity index (χ3n) is 6.03. The van der Waals surface area contributed by atoms with Crippen LogP contribution in [0.2, 0.25) is 0 Å². The Labute approximate surface area is 176 Å². The second-order valence-corrected chi connectivity index (χ2v) is 8.75. The first-order valence-corrected chi connectivity index (χ1v) is 10.9. The maximum Gasteiger partial charge on any atom is 0.0963 e. The fourth-order valence-electron chi connectivity index (χ4n) is 4.71. The van der Waals surface area contributed by atoms with Crippen molar-refractivity contribution in [2.75, 3.05) is 0 Å². The van der Waals surface area contributed by atoms with Crippen LogP contribution in [0.3, 0.4) is 0 Å². The Kier molecular flexibility index (Phi) is 3.18. The molecule has 4 aromatic carbocycles. The first-order chi connectivity index (χ1) is 14.9. The fourth-order valence-corrected chi connectivity index (χ4v) is 5.83. The van der Waals surface area contributed by atoms with Crippen LogP contribution in [0.25, 0.3) is 58.6 Å². The van der Waals surface area contributed by atoms with Gasteiger partial charge < -0.3 is 4.57 Å². The number of hydrogen-bond donors (Lipinski definition) is 0. The molecule has 0 N–H and O–H groups in total. The highest BCUT2D eigenvalue weighted by Crippen LogP contribution is 2.40. The number of thiophene rings is 1. The van der Waals surface area contributed by atoms with Crippen LogP contribution >= 0.6 is 11.3 Å². The Bertz CT molecular complexity index is 1750. The summed E-state index contributed by atoms with van der Waals surface area (Å²) in [7, 11) is 0. The van der Waals surface area contributed by atoms with E-state index in [2.05, 4.69) is 89.5 Å². The van der Waals surface area contributed by atoms with E-state index in [1.807, 2.05) is 23.6 Å². The minimum absolute atomic E-state index is 1.05. The van der Waals surface area contributed by atoms with Crippen LogP contribution in [0.15, 0.2) is 97.2 Å². The normalized spacial score (nSPS) is 12.0. The van der Waals surface area contributed by atoms with Gasteiger partial charge in [-0.1, -0.05) is 54.6 Å². The zero-order valence-electron chi connectivity index (χ0n) is 16.0. The molecule has 2 nitrogen and oxygen atoms in total. The highest BCUT2D eigenvalue weighted by atomic mass is 32.1. The Morgan fingerprint density at radius 2 is 1.43 bits per heavy atom. The third-order valence-corrected chi connectivity index (χ3v) is 7.16. The van der Waals surface area contributed by atoms with Gasteiger partial charge in [-0.3, -0.25) is 4.98 Å². The summed E-state index contributed by atoms with van der Waals surface area (Å²) >= 11 is 1.86. The molecule has 0 amide bonds.